The third-order valence-electron chi connectivity index (χ3n) is 2.23. The largest absolute Gasteiger partial charge is 0.294 e. The highest BCUT2D eigenvalue weighted by Gasteiger charge is 2.05. The summed E-state index contributed by atoms with van der Waals surface area (Å²) < 4.78 is 0.894. The van der Waals surface area contributed by atoms with E-state index in [4.69, 9.17) is 0 Å². The number of hydrogen-bond acceptors (Lipinski definition) is 1. The summed E-state index contributed by atoms with van der Waals surface area (Å²) in [7, 11) is 0. The first-order valence-electron chi connectivity index (χ1n) is 4.94. The molecule has 0 fully saturated rings. The Morgan fingerprint density at radius 1 is 1.43 bits per heavy atom. The van der Waals surface area contributed by atoms with Gasteiger partial charge >= 0.3 is 0 Å². The van der Waals surface area contributed by atoms with Crippen LogP contribution in [0, 0.1) is 0 Å². The van der Waals surface area contributed by atoms with Gasteiger partial charge in [0.05, 0.1) is 0 Å². The maximum atomic E-state index is 11.3. The zero-order chi connectivity index (χ0) is 10.6. The predicted molar refractivity (Wildman–Crippen MR) is 62.8 cm³/mol. The van der Waals surface area contributed by atoms with Gasteiger partial charge in [0.15, 0.2) is 5.78 Å². The predicted octanol–water partition coefficient (Wildman–Crippen LogP) is 3.99. The van der Waals surface area contributed by atoms with Gasteiger partial charge in [0.1, 0.15) is 0 Å². The summed E-state index contributed by atoms with van der Waals surface area (Å²) in [5, 5.41) is 0. The third kappa shape index (κ3) is 2.95. The molecule has 0 bridgehead atoms. The topological polar surface area (TPSA) is 17.1 Å². The van der Waals surface area contributed by atoms with Crippen LogP contribution in [0.15, 0.2) is 22.7 Å². The van der Waals surface area contributed by atoms with Crippen molar-refractivity contribution in [2.75, 3.05) is 0 Å². The van der Waals surface area contributed by atoms with Gasteiger partial charge in [-0.1, -0.05) is 35.3 Å². The number of benzene rings is 1. The highest BCUT2D eigenvalue weighted by atomic mass is 79.9. The second-order valence-corrected chi connectivity index (χ2v) is 4.33. The fourth-order valence-corrected chi connectivity index (χ4v) is 1.90. The van der Waals surface area contributed by atoms with Crippen LogP contribution in [0.3, 0.4) is 0 Å². The van der Waals surface area contributed by atoms with Crippen molar-refractivity contribution in [1.82, 2.24) is 0 Å². The SMILES string of the molecule is CCCCc1ccc(Br)c(C(C)=O)c1. The van der Waals surface area contributed by atoms with Crippen molar-refractivity contribution in [3.05, 3.63) is 33.8 Å². The Hall–Kier alpha value is -0.630. The number of aryl methyl sites for hydroxylation is 1. The molecule has 2 heteroatoms. The van der Waals surface area contributed by atoms with E-state index in [1.54, 1.807) is 6.92 Å². The van der Waals surface area contributed by atoms with Gasteiger partial charge in [0.2, 0.25) is 0 Å². The minimum atomic E-state index is 0.121. The minimum absolute atomic E-state index is 0.121. The average molecular weight is 255 g/mol. The van der Waals surface area contributed by atoms with E-state index in [1.807, 2.05) is 12.1 Å². The fourth-order valence-electron chi connectivity index (χ4n) is 1.38. The summed E-state index contributed by atoms with van der Waals surface area (Å²) in [6, 6.07) is 6.02. The maximum absolute atomic E-state index is 11.3. The van der Waals surface area contributed by atoms with E-state index in [0.717, 1.165) is 16.5 Å². The zero-order valence-electron chi connectivity index (χ0n) is 8.64. The number of rotatable bonds is 4. The molecule has 0 aliphatic carbocycles. The third-order valence-corrected chi connectivity index (χ3v) is 2.92. The van der Waals surface area contributed by atoms with E-state index in [1.165, 1.54) is 18.4 Å². The number of Topliss-reactive ketones (excluding diaryl/α,β-unsaturated/α-hetero) is 1. The summed E-state index contributed by atoms with van der Waals surface area (Å²) in [5.41, 5.74) is 2.04. The van der Waals surface area contributed by atoms with Gasteiger partial charge in [0, 0.05) is 10.0 Å². The fraction of sp³-hybridized carbons (Fsp3) is 0.417. The lowest BCUT2D eigenvalue weighted by Gasteiger charge is -2.04. The Labute approximate surface area is 93.7 Å². The molecule has 0 saturated heterocycles. The van der Waals surface area contributed by atoms with E-state index < -0.39 is 0 Å². The molecule has 1 aromatic rings. The van der Waals surface area contributed by atoms with Crippen molar-refractivity contribution in [3.63, 3.8) is 0 Å². The van der Waals surface area contributed by atoms with Crippen LogP contribution in [-0.2, 0) is 6.42 Å². The highest BCUT2D eigenvalue weighted by Crippen LogP contribution is 2.19. The second kappa shape index (κ2) is 5.30. The maximum Gasteiger partial charge on any atom is 0.160 e. The summed E-state index contributed by atoms with van der Waals surface area (Å²) >= 11 is 3.38. The van der Waals surface area contributed by atoms with Crippen LogP contribution in [0.5, 0.6) is 0 Å². The first-order chi connectivity index (χ1) is 6.65. The van der Waals surface area contributed by atoms with Crippen molar-refractivity contribution >= 4 is 21.7 Å². The van der Waals surface area contributed by atoms with Gasteiger partial charge in [-0.3, -0.25) is 4.79 Å². The van der Waals surface area contributed by atoms with Crippen molar-refractivity contribution in [3.8, 4) is 0 Å². The summed E-state index contributed by atoms with van der Waals surface area (Å²) in [6.07, 6.45) is 3.43. The van der Waals surface area contributed by atoms with Crippen molar-refractivity contribution in [1.29, 1.82) is 0 Å². The normalized spacial score (nSPS) is 10.2. The van der Waals surface area contributed by atoms with E-state index >= 15 is 0 Å². The molecule has 1 aromatic carbocycles. The van der Waals surface area contributed by atoms with Gasteiger partial charge in [-0.25, -0.2) is 0 Å². The number of carbonyl (C=O) groups excluding carboxylic acids is 1. The Kier molecular flexibility index (Phi) is 4.33. The summed E-state index contributed by atoms with van der Waals surface area (Å²) in [6.45, 7) is 3.77. The standard InChI is InChI=1S/C12H15BrO/c1-3-4-5-10-6-7-12(13)11(8-10)9(2)14/h6-8H,3-5H2,1-2H3. The Morgan fingerprint density at radius 3 is 2.71 bits per heavy atom. The molecule has 0 aliphatic heterocycles. The van der Waals surface area contributed by atoms with Gasteiger partial charge < -0.3 is 0 Å². The average Bonchev–Trinajstić information content (AvgIpc) is 2.16. The highest BCUT2D eigenvalue weighted by molar-refractivity contribution is 9.10. The molecule has 0 aromatic heterocycles. The molecule has 0 heterocycles. The number of hydrogen-bond donors (Lipinski definition) is 0. The van der Waals surface area contributed by atoms with Crippen LogP contribution in [0.4, 0.5) is 0 Å². The molecule has 1 nitrogen and oxygen atoms in total. The van der Waals surface area contributed by atoms with Crippen LogP contribution in [-0.4, -0.2) is 5.78 Å². The second-order valence-electron chi connectivity index (χ2n) is 3.47. The molecular formula is C12H15BrO. The molecule has 0 aliphatic rings. The van der Waals surface area contributed by atoms with E-state index in [2.05, 4.69) is 28.9 Å². The van der Waals surface area contributed by atoms with Crippen molar-refractivity contribution in [2.24, 2.45) is 0 Å². The zero-order valence-corrected chi connectivity index (χ0v) is 10.2. The molecule has 0 atom stereocenters. The number of unbranched alkanes of at least 4 members (excludes halogenated alkanes) is 1. The smallest absolute Gasteiger partial charge is 0.160 e. The molecule has 76 valence electrons. The Balaban J connectivity index is 2.89. The van der Waals surface area contributed by atoms with E-state index in [-0.39, 0.29) is 5.78 Å². The van der Waals surface area contributed by atoms with Crippen molar-refractivity contribution < 1.29 is 4.79 Å². The number of halogens is 1. The van der Waals surface area contributed by atoms with Crippen LogP contribution < -0.4 is 0 Å². The number of carbonyl (C=O) groups is 1. The lowest BCUT2D eigenvalue weighted by atomic mass is 10.0. The molecule has 1 rings (SSSR count). The van der Waals surface area contributed by atoms with E-state index in [0.29, 0.717) is 0 Å². The summed E-state index contributed by atoms with van der Waals surface area (Å²) in [5.74, 6) is 0.121. The molecule has 0 N–H and O–H groups in total. The van der Waals surface area contributed by atoms with Gasteiger partial charge in [0.25, 0.3) is 0 Å². The van der Waals surface area contributed by atoms with Gasteiger partial charge in [-0.05, 0) is 37.5 Å². The van der Waals surface area contributed by atoms with Crippen molar-refractivity contribution in [2.45, 2.75) is 33.1 Å². The molecule has 0 unspecified atom stereocenters. The number of ketones is 1. The van der Waals surface area contributed by atoms with Crippen LogP contribution in [0.1, 0.15) is 42.6 Å². The minimum Gasteiger partial charge on any atom is -0.294 e. The molecule has 0 radical (unpaired) electrons. The Bertz CT molecular complexity index is 331. The molecular weight excluding hydrogens is 240 g/mol. The lowest BCUT2D eigenvalue weighted by Crippen LogP contribution is -1.96. The molecule has 14 heavy (non-hydrogen) atoms. The Morgan fingerprint density at radius 2 is 2.14 bits per heavy atom. The molecule has 0 saturated carbocycles. The van der Waals surface area contributed by atoms with Crippen LogP contribution >= 0.6 is 15.9 Å². The first kappa shape index (κ1) is 11.4. The molecule has 0 spiro atoms. The van der Waals surface area contributed by atoms with Crippen LogP contribution in [0.2, 0.25) is 0 Å². The lowest BCUT2D eigenvalue weighted by molar-refractivity contribution is 0.101. The van der Waals surface area contributed by atoms with Gasteiger partial charge in [-0.2, -0.15) is 0 Å². The molecule has 0 amide bonds. The monoisotopic (exact) mass is 254 g/mol. The first-order valence-corrected chi connectivity index (χ1v) is 5.73. The van der Waals surface area contributed by atoms with Gasteiger partial charge in [-0.15, -0.1) is 0 Å². The van der Waals surface area contributed by atoms with E-state index in [9.17, 15) is 4.79 Å². The quantitative estimate of drug-likeness (QED) is 0.743. The summed E-state index contributed by atoms with van der Waals surface area (Å²) in [4.78, 5) is 11.3. The van der Waals surface area contributed by atoms with Crippen LogP contribution in [0.25, 0.3) is 0 Å².